The number of hydrogen-bond acceptors (Lipinski definition) is 2. The van der Waals surface area contributed by atoms with Crippen molar-refractivity contribution in [2.45, 2.75) is 19.9 Å². The maximum atomic E-state index is 11.4. The van der Waals surface area contributed by atoms with Gasteiger partial charge >= 0.3 is 0 Å². The Morgan fingerprint density at radius 1 is 1.31 bits per heavy atom. The molecule has 0 saturated heterocycles. The summed E-state index contributed by atoms with van der Waals surface area (Å²) in [6.45, 7) is 3.96. The van der Waals surface area contributed by atoms with Gasteiger partial charge in [0.1, 0.15) is 0 Å². The average molecular weight is 261 g/mol. The van der Waals surface area contributed by atoms with Crippen molar-refractivity contribution in [2.75, 3.05) is 11.9 Å². The second-order valence-electron chi connectivity index (χ2n) is 3.67. The normalized spacial score (nSPS) is 10.3. The lowest BCUT2D eigenvalue weighted by molar-refractivity contribution is -0.119. The summed E-state index contributed by atoms with van der Waals surface area (Å²) in [6, 6.07) is 5.31. The molecule has 0 aliphatic heterocycles. The van der Waals surface area contributed by atoms with Gasteiger partial charge in [0.15, 0.2) is 0 Å². The molecule has 0 atom stereocenters. The molecule has 0 radical (unpaired) electrons. The van der Waals surface area contributed by atoms with Crippen LogP contribution in [0.3, 0.4) is 0 Å². The minimum atomic E-state index is -0.0917. The minimum Gasteiger partial charge on any atom is -0.374 e. The van der Waals surface area contributed by atoms with E-state index in [1.54, 1.807) is 18.2 Å². The number of nitrogens with one attached hydrogen (secondary N) is 2. The molecule has 1 amide bonds. The van der Waals surface area contributed by atoms with E-state index in [9.17, 15) is 4.79 Å². The van der Waals surface area contributed by atoms with E-state index in [0.717, 1.165) is 0 Å². The van der Waals surface area contributed by atoms with E-state index >= 15 is 0 Å². The number of anilines is 1. The summed E-state index contributed by atoms with van der Waals surface area (Å²) < 4.78 is 0. The molecule has 16 heavy (non-hydrogen) atoms. The first-order valence-corrected chi connectivity index (χ1v) is 5.73. The SMILES string of the molecule is CC(C)NC(=O)CNc1c(Cl)cccc1Cl. The van der Waals surface area contributed by atoms with Crippen molar-refractivity contribution in [3.8, 4) is 0 Å². The molecular weight excluding hydrogens is 247 g/mol. The van der Waals surface area contributed by atoms with Gasteiger partial charge < -0.3 is 10.6 Å². The Bertz CT molecular complexity index is 360. The van der Waals surface area contributed by atoms with Crippen LogP contribution in [0.1, 0.15) is 13.8 Å². The van der Waals surface area contributed by atoms with Crippen molar-refractivity contribution in [3.05, 3.63) is 28.2 Å². The van der Waals surface area contributed by atoms with Crippen LogP contribution in [0.4, 0.5) is 5.69 Å². The van der Waals surface area contributed by atoms with E-state index < -0.39 is 0 Å². The second-order valence-corrected chi connectivity index (χ2v) is 4.49. The largest absolute Gasteiger partial charge is 0.374 e. The average Bonchev–Trinajstić information content (AvgIpc) is 2.15. The van der Waals surface area contributed by atoms with Crippen molar-refractivity contribution in [1.82, 2.24) is 5.32 Å². The Labute approximate surface area is 105 Å². The Kier molecular flexibility index (Phi) is 4.90. The Morgan fingerprint density at radius 3 is 2.38 bits per heavy atom. The summed E-state index contributed by atoms with van der Waals surface area (Å²) in [7, 11) is 0. The van der Waals surface area contributed by atoms with Crippen molar-refractivity contribution in [3.63, 3.8) is 0 Å². The first-order valence-electron chi connectivity index (χ1n) is 4.98. The standard InChI is InChI=1S/C11H14Cl2N2O/c1-7(2)15-10(16)6-14-11-8(12)4-3-5-9(11)13/h3-5,7,14H,6H2,1-2H3,(H,15,16). The molecule has 88 valence electrons. The number of carbonyl (C=O) groups excluding carboxylic acids is 1. The van der Waals surface area contributed by atoms with Crippen LogP contribution in [-0.2, 0) is 4.79 Å². The topological polar surface area (TPSA) is 41.1 Å². The Hall–Kier alpha value is -0.930. The van der Waals surface area contributed by atoms with Gasteiger partial charge in [0.2, 0.25) is 5.91 Å². The summed E-state index contributed by atoms with van der Waals surface area (Å²) in [5, 5.41) is 6.68. The van der Waals surface area contributed by atoms with Gasteiger partial charge in [-0.2, -0.15) is 0 Å². The van der Waals surface area contributed by atoms with E-state index in [1.807, 2.05) is 13.8 Å². The van der Waals surface area contributed by atoms with Gasteiger partial charge in [-0.05, 0) is 26.0 Å². The molecule has 0 heterocycles. The molecule has 1 rings (SSSR count). The molecule has 3 nitrogen and oxygen atoms in total. The fourth-order valence-corrected chi connectivity index (χ4v) is 1.74. The molecule has 0 fully saturated rings. The summed E-state index contributed by atoms with van der Waals surface area (Å²) in [5.41, 5.74) is 0.588. The van der Waals surface area contributed by atoms with Crippen molar-refractivity contribution in [2.24, 2.45) is 0 Å². The second kappa shape index (κ2) is 5.97. The lowest BCUT2D eigenvalue weighted by Crippen LogP contribution is -2.34. The highest BCUT2D eigenvalue weighted by atomic mass is 35.5. The van der Waals surface area contributed by atoms with E-state index in [2.05, 4.69) is 10.6 Å². The highest BCUT2D eigenvalue weighted by molar-refractivity contribution is 6.39. The van der Waals surface area contributed by atoms with Crippen molar-refractivity contribution < 1.29 is 4.79 Å². The van der Waals surface area contributed by atoms with Crippen molar-refractivity contribution >= 4 is 34.8 Å². The van der Waals surface area contributed by atoms with Crippen LogP contribution in [0, 0.1) is 0 Å². The van der Waals surface area contributed by atoms with Crippen LogP contribution in [0.5, 0.6) is 0 Å². The molecule has 1 aromatic rings. The summed E-state index contributed by atoms with van der Waals surface area (Å²) in [6.07, 6.45) is 0. The smallest absolute Gasteiger partial charge is 0.239 e. The fourth-order valence-electron chi connectivity index (χ4n) is 1.21. The van der Waals surface area contributed by atoms with E-state index in [1.165, 1.54) is 0 Å². The van der Waals surface area contributed by atoms with Gasteiger partial charge in [-0.25, -0.2) is 0 Å². The zero-order chi connectivity index (χ0) is 12.1. The highest BCUT2D eigenvalue weighted by Gasteiger charge is 2.07. The number of amides is 1. The van der Waals surface area contributed by atoms with E-state index in [0.29, 0.717) is 15.7 Å². The quantitative estimate of drug-likeness (QED) is 0.874. The first kappa shape index (κ1) is 13.1. The number of para-hydroxylation sites is 1. The third kappa shape index (κ3) is 3.91. The molecule has 0 aliphatic rings. The fraction of sp³-hybridized carbons (Fsp3) is 0.364. The van der Waals surface area contributed by atoms with Crippen LogP contribution in [0.25, 0.3) is 0 Å². The van der Waals surface area contributed by atoms with Gasteiger partial charge in [-0.15, -0.1) is 0 Å². The van der Waals surface area contributed by atoms with Gasteiger partial charge in [-0.1, -0.05) is 29.3 Å². The summed E-state index contributed by atoms with van der Waals surface area (Å²) in [5.74, 6) is -0.0917. The van der Waals surface area contributed by atoms with Crippen LogP contribution in [0.2, 0.25) is 10.0 Å². The maximum Gasteiger partial charge on any atom is 0.239 e. The highest BCUT2D eigenvalue weighted by Crippen LogP contribution is 2.29. The minimum absolute atomic E-state index is 0.0917. The number of hydrogen-bond donors (Lipinski definition) is 2. The van der Waals surface area contributed by atoms with Crippen LogP contribution >= 0.6 is 23.2 Å². The molecule has 0 bridgehead atoms. The third-order valence-electron chi connectivity index (χ3n) is 1.84. The summed E-state index contributed by atoms with van der Waals surface area (Å²) in [4.78, 5) is 11.4. The molecule has 0 aromatic heterocycles. The first-order chi connectivity index (χ1) is 7.50. The number of halogens is 2. The van der Waals surface area contributed by atoms with Crippen LogP contribution in [0.15, 0.2) is 18.2 Å². The molecule has 5 heteroatoms. The predicted molar refractivity (Wildman–Crippen MR) is 68.2 cm³/mol. The van der Waals surface area contributed by atoms with Gasteiger partial charge in [0.05, 0.1) is 22.3 Å². The lowest BCUT2D eigenvalue weighted by Gasteiger charge is -2.12. The molecule has 0 aliphatic carbocycles. The monoisotopic (exact) mass is 260 g/mol. The Morgan fingerprint density at radius 2 is 1.88 bits per heavy atom. The Balaban J connectivity index is 2.58. The molecule has 0 spiro atoms. The third-order valence-corrected chi connectivity index (χ3v) is 2.47. The number of carbonyl (C=O) groups is 1. The van der Waals surface area contributed by atoms with Crippen LogP contribution < -0.4 is 10.6 Å². The van der Waals surface area contributed by atoms with E-state index in [-0.39, 0.29) is 18.5 Å². The zero-order valence-electron chi connectivity index (χ0n) is 9.18. The zero-order valence-corrected chi connectivity index (χ0v) is 10.7. The number of benzene rings is 1. The molecule has 1 aromatic carbocycles. The van der Waals surface area contributed by atoms with E-state index in [4.69, 9.17) is 23.2 Å². The predicted octanol–water partition coefficient (Wildman–Crippen LogP) is 2.93. The maximum absolute atomic E-state index is 11.4. The molecular formula is C11H14Cl2N2O. The number of rotatable bonds is 4. The lowest BCUT2D eigenvalue weighted by atomic mass is 10.3. The molecule has 2 N–H and O–H groups in total. The van der Waals surface area contributed by atoms with Gasteiger partial charge in [0.25, 0.3) is 0 Å². The van der Waals surface area contributed by atoms with Crippen LogP contribution in [-0.4, -0.2) is 18.5 Å². The van der Waals surface area contributed by atoms with Crippen molar-refractivity contribution in [1.29, 1.82) is 0 Å². The molecule has 0 saturated carbocycles. The summed E-state index contributed by atoms with van der Waals surface area (Å²) >= 11 is 11.9. The van der Waals surface area contributed by atoms with Gasteiger partial charge in [0, 0.05) is 6.04 Å². The molecule has 0 unspecified atom stereocenters. The van der Waals surface area contributed by atoms with Gasteiger partial charge in [-0.3, -0.25) is 4.79 Å².